The van der Waals surface area contributed by atoms with E-state index < -0.39 is 0 Å². The van der Waals surface area contributed by atoms with Crippen LogP contribution in [0.25, 0.3) is 10.9 Å². The topological polar surface area (TPSA) is 12.9 Å². The second-order valence-electron chi connectivity index (χ2n) is 2.20. The first kappa shape index (κ1) is 8.35. The summed E-state index contributed by atoms with van der Waals surface area (Å²) in [7, 11) is 0. The van der Waals surface area contributed by atoms with Crippen molar-refractivity contribution in [2.24, 2.45) is 0 Å². The molecular formula is C9H7NRu. The first-order chi connectivity index (χ1) is 4.97. The molecule has 1 aromatic carbocycles. The smallest absolute Gasteiger partial charge is 0.0701 e. The Morgan fingerprint density at radius 3 is 2.45 bits per heavy atom. The minimum atomic E-state index is 0. The second kappa shape index (κ2) is 3.59. The van der Waals surface area contributed by atoms with Gasteiger partial charge in [0.25, 0.3) is 0 Å². The largest absolute Gasteiger partial charge is 0.256 e. The predicted molar refractivity (Wildman–Crippen MR) is 41.7 cm³/mol. The molecule has 2 aromatic rings. The molecule has 1 heterocycles. The van der Waals surface area contributed by atoms with Crippen molar-refractivity contribution in [1.29, 1.82) is 0 Å². The molecule has 2 rings (SSSR count). The predicted octanol–water partition coefficient (Wildman–Crippen LogP) is 2.23. The fourth-order valence-corrected chi connectivity index (χ4v) is 1.02. The van der Waals surface area contributed by atoms with Crippen LogP contribution < -0.4 is 0 Å². The molecule has 0 N–H and O–H groups in total. The number of nitrogens with zero attached hydrogens (tertiary/aromatic N) is 1. The van der Waals surface area contributed by atoms with Gasteiger partial charge in [-0.3, -0.25) is 4.98 Å². The molecule has 1 nitrogen and oxygen atoms in total. The summed E-state index contributed by atoms with van der Waals surface area (Å²) in [4.78, 5) is 4.18. The van der Waals surface area contributed by atoms with E-state index in [1.807, 2.05) is 30.5 Å². The molecule has 0 aliphatic heterocycles. The van der Waals surface area contributed by atoms with Gasteiger partial charge in [0.1, 0.15) is 0 Å². The Morgan fingerprint density at radius 2 is 1.64 bits per heavy atom. The van der Waals surface area contributed by atoms with Crippen LogP contribution >= 0.6 is 0 Å². The molecule has 0 fully saturated rings. The van der Waals surface area contributed by atoms with E-state index >= 15 is 0 Å². The van der Waals surface area contributed by atoms with Crippen molar-refractivity contribution < 1.29 is 19.5 Å². The Balaban J connectivity index is 0.000000605. The summed E-state index contributed by atoms with van der Waals surface area (Å²) in [6.07, 6.45) is 1.81. The first-order valence-electron chi connectivity index (χ1n) is 3.26. The van der Waals surface area contributed by atoms with Crippen LogP contribution in [0.15, 0.2) is 42.6 Å². The van der Waals surface area contributed by atoms with E-state index in [1.54, 1.807) is 0 Å². The van der Waals surface area contributed by atoms with Crippen LogP contribution in [0.5, 0.6) is 0 Å². The fraction of sp³-hybridized carbons (Fsp3) is 0. The third-order valence-corrected chi connectivity index (χ3v) is 1.51. The maximum absolute atomic E-state index is 4.18. The average Bonchev–Trinajstić information content (AvgIpc) is 2.05. The number of benzene rings is 1. The molecule has 0 saturated heterocycles. The summed E-state index contributed by atoms with van der Waals surface area (Å²) < 4.78 is 0. The average molecular weight is 230 g/mol. The molecule has 0 spiro atoms. The zero-order valence-corrected chi connectivity index (χ0v) is 7.58. The quantitative estimate of drug-likeness (QED) is 0.632. The van der Waals surface area contributed by atoms with E-state index in [1.165, 1.54) is 5.39 Å². The van der Waals surface area contributed by atoms with Gasteiger partial charge in [0, 0.05) is 31.1 Å². The molecule has 0 aliphatic rings. The van der Waals surface area contributed by atoms with Gasteiger partial charge in [0.15, 0.2) is 0 Å². The molecule has 11 heavy (non-hydrogen) atoms. The van der Waals surface area contributed by atoms with Gasteiger partial charge < -0.3 is 0 Å². The Labute approximate surface area is 78.2 Å². The van der Waals surface area contributed by atoms with Gasteiger partial charge in [-0.2, -0.15) is 0 Å². The summed E-state index contributed by atoms with van der Waals surface area (Å²) in [6, 6.07) is 12.1. The van der Waals surface area contributed by atoms with Crippen molar-refractivity contribution in [3.05, 3.63) is 42.6 Å². The van der Waals surface area contributed by atoms with Crippen LogP contribution in [-0.2, 0) is 19.5 Å². The van der Waals surface area contributed by atoms with Crippen molar-refractivity contribution in [3.8, 4) is 0 Å². The van der Waals surface area contributed by atoms with Gasteiger partial charge in [-0.15, -0.1) is 0 Å². The number of rotatable bonds is 0. The monoisotopic (exact) mass is 231 g/mol. The van der Waals surface area contributed by atoms with Crippen molar-refractivity contribution in [2.75, 3.05) is 0 Å². The molecule has 2 heteroatoms. The number of aromatic nitrogens is 1. The number of para-hydroxylation sites is 1. The third-order valence-electron chi connectivity index (χ3n) is 1.51. The van der Waals surface area contributed by atoms with Crippen LogP contribution in [0.4, 0.5) is 0 Å². The Morgan fingerprint density at radius 1 is 0.909 bits per heavy atom. The van der Waals surface area contributed by atoms with Crippen molar-refractivity contribution >= 4 is 10.9 Å². The van der Waals surface area contributed by atoms with Crippen LogP contribution in [-0.4, -0.2) is 4.98 Å². The summed E-state index contributed by atoms with van der Waals surface area (Å²) in [5.41, 5.74) is 1.06. The summed E-state index contributed by atoms with van der Waals surface area (Å²) in [5, 5.41) is 1.20. The molecule has 1 aromatic heterocycles. The number of pyridine rings is 1. The zero-order valence-electron chi connectivity index (χ0n) is 5.84. The van der Waals surface area contributed by atoms with Crippen LogP contribution in [0.1, 0.15) is 0 Å². The minimum absolute atomic E-state index is 0. The molecular weight excluding hydrogens is 223 g/mol. The molecule has 0 radical (unpaired) electrons. The van der Waals surface area contributed by atoms with Gasteiger partial charge in [-0.25, -0.2) is 0 Å². The van der Waals surface area contributed by atoms with E-state index in [2.05, 4.69) is 17.1 Å². The van der Waals surface area contributed by atoms with E-state index in [0.717, 1.165) is 5.52 Å². The summed E-state index contributed by atoms with van der Waals surface area (Å²) in [6.45, 7) is 0. The molecule has 0 amide bonds. The molecule has 0 bridgehead atoms. The standard InChI is InChI=1S/C9H7N.Ru/c1-2-6-9-8(4-1)5-3-7-10-9;/h1-7H;. The number of hydrogen-bond donors (Lipinski definition) is 0. The minimum Gasteiger partial charge on any atom is -0.256 e. The van der Waals surface area contributed by atoms with Crippen LogP contribution in [0.2, 0.25) is 0 Å². The van der Waals surface area contributed by atoms with Crippen LogP contribution in [0.3, 0.4) is 0 Å². The molecule has 0 atom stereocenters. The van der Waals surface area contributed by atoms with Gasteiger partial charge in [-0.1, -0.05) is 24.3 Å². The maximum atomic E-state index is 4.18. The van der Waals surface area contributed by atoms with Crippen molar-refractivity contribution in [2.45, 2.75) is 0 Å². The normalized spacial score (nSPS) is 9.09. The van der Waals surface area contributed by atoms with Gasteiger partial charge >= 0.3 is 0 Å². The fourth-order valence-electron chi connectivity index (χ4n) is 1.02. The molecule has 56 valence electrons. The third kappa shape index (κ3) is 1.64. The van der Waals surface area contributed by atoms with Crippen LogP contribution in [0, 0.1) is 0 Å². The van der Waals surface area contributed by atoms with E-state index in [0.29, 0.717) is 0 Å². The first-order valence-corrected chi connectivity index (χ1v) is 3.26. The Kier molecular flexibility index (Phi) is 2.72. The molecule has 0 aliphatic carbocycles. The SMILES string of the molecule is [Ru].c1ccc2ncccc2c1. The van der Waals surface area contributed by atoms with E-state index in [4.69, 9.17) is 0 Å². The molecule has 0 saturated carbocycles. The summed E-state index contributed by atoms with van der Waals surface area (Å²) in [5.74, 6) is 0. The van der Waals surface area contributed by atoms with E-state index in [-0.39, 0.29) is 19.5 Å². The van der Waals surface area contributed by atoms with Gasteiger partial charge in [0.05, 0.1) is 5.52 Å². The molecule has 0 unspecified atom stereocenters. The van der Waals surface area contributed by atoms with Crippen molar-refractivity contribution in [3.63, 3.8) is 0 Å². The second-order valence-corrected chi connectivity index (χ2v) is 2.20. The van der Waals surface area contributed by atoms with E-state index in [9.17, 15) is 0 Å². The Bertz CT molecular complexity index is 281. The number of fused-ring (bicyclic) bond motifs is 1. The maximum Gasteiger partial charge on any atom is 0.0701 e. The number of hydrogen-bond acceptors (Lipinski definition) is 1. The summed E-state index contributed by atoms with van der Waals surface area (Å²) >= 11 is 0. The van der Waals surface area contributed by atoms with Crippen molar-refractivity contribution in [1.82, 2.24) is 4.98 Å². The van der Waals surface area contributed by atoms with Gasteiger partial charge in [0.2, 0.25) is 0 Å². The van der Waals surface area contributed by atoms with Gasteiger partial charge in [-0.05, 0) is 12.1 Å². The zero-order chi connectivity index (χ0) is 6.81. The Hall–Kier alpha value is -0.747.